The summed E-state index contributed by atoms with van der Waals surface area (Å²) in [5, 5.41) is 4.31. The smallest absolute Gasteiger partial charge is 0.134 e. The van der Waals surface area contributed by atoms with Gasteiger partial charge in [-0.15, -0.1) is 24.8 Å². The van der Waals surface area contributed by atoms with Crippen LogP contribution >= 0.6 is 36.4 Å². The topological polar surface area (TPSA) is 28.4 Å². The normalized spacial score (nSPS) is 17.2. The Balaban J connectivity index is 0.00000156. The highest BCUT2D eigenvalue weighted by atomic mass is 35.5. The molecule has 1 aromatic heterocycles. The summed E-state index contributed by atoms with van der Waals surface area (Å²) in [6, 6.07) is 10.8. The van der Waals surface area contributed by atoms with Crippen molar-refractivity contribution in [2.45, 2.75) is 39.3 Å². The van der Waals surface area contributed by atoms with Crippen LogP contribution in [-0.4, -0.2) is 30.6 Å². The number of hydrogen-bond acceptors (Lipinski definition) is 3. The molecule has 25 heavy (non-hydrogen) atoms. The fraction of sp³-hybridized carbons (Fsp3) is 0.474. The van der Waals surface area contributed by atoms with E-state index in [-0.39, 0.29) is 24.8 Å². The molecule has 1 saturated heterocycles. The maximum atomic E-state index is 6.20. The van der Waals surface area contributed by atoms with Crippen LogP contribution in [0.3, 0.4) is 0 Å². The van der Waals surface area contributed by atoms with Gasteiger partial charge >= 0.3 is 0 Å². The first-order valence-electron chi connectivity index (χ1n) is 8.47. The fourth-order valence-corrected chi connectivity index (χ4v) is 3.46. The van der Waals surface area contributed by atoms with Gasteiger partial charge in [0.2, 0.25) is 0 Å². The zero-order chi connectivity index (χ0) is 16.2. The zero-order valence-electron chi connectivity index (χ0n) is 14.8. The highest BCUT2D eigenvalue weighted by molar-refractivity contribution is 6.31. The third-order valence-electron chi connectivity index (χ3n) is 4.70. The molecule has 6 heteroatoms. The Hall–Kier alpha value is -0.710. The Kier molecular flexibility index (Phi) is 9.33. The second-order valence-electron chi connectivity index (χ2n) is 6.29. The molecule has 0 radical (unpaired) electrons. The van der Waals surface area contributed by atoms with Gasteiger partial charge in [-0.2, -0.15) is 0 Å². The molecule has 0 bridgehead atoms. The van der Waals surface area contributed by atoms with Crippen LogP contribution in [0.1, 0.15) is 31.1 Å². The lowest BCUT2D eigenvalue weighted by atomic mass is 10.1. The number of nitrogens with one attached hydrogen (secondary N) is 1. The predicted molar refractivity (Wildman–Crippen MR) is 110 cm³/mol. The molecule has 0 saturated carbocycles. The molecular weight excluding hydrogens is 379 g/mol. The van der Waals surface area contributed by atoms with Gasteiger partial charge in [-0.05, 0) is 56.6 Å². The maximum Gasteiger partial charge on any atom is 0.134 e. The zero-order valence-corrected chi connectivity index (χ0v) is 17.1. The summed E-state index contributed by atoms with van der Waals surface area (Å²) in [5.74, 6) is 1.84. The van der Waals surface area contributed by atoms with E-state index in [1.807, 2.05) is 31.2 Å². The summed E-state index contributed by atoms with van der Waals surface area (Å²) in [4.78, 5) is 2.55. The number of nitrogens with zero attached hydrogens (tertiary/aromatic N) is 1. The molecule has 0 aliphatic carbocycles. The second kappa shape index (κ2) is 10.4. The minimum atomic E-state index is 0. The Morgan fingerprint density at radius 1 is 1.24 bits per heavy atom. The Labute approximate surface area is 167 Å². The van der Waals surface area contributed by atoms with E-state index in [1.165, 1.54) is 19.4 Å². The lowest BCUT2D eigenvalue weighted by Gasteiger charge is -2.22. The van der Waals surface area contributed by atoms with Crippen LogP contribution in [0.4, 0.5) is 0 Å². The first-order valence-corrected chi connectivity index (χ1v) is 8.85. The van der Waals surface area contributed by atoms with E-state index in [9.17, 15) is 0 Å². The van der Waals surface area contributed by atoms with Crippen LogP contribution in [0.5, 0.6) is 0 Å². The van der Waals surface area contributed by atoms with Crippen molar-refractivity contribution in [2.24, 2.45) is 0 Å². The van der Waals surface area contributed by atoms with E-state index < -0.39 is 0 Å². The van der Waals surface area contributed by atoms with Gasteiger partial charge in [-0.3, -0.25) is 4.90 Å². The van der Waals surface area contributed by atoms with E-state index in [0.29, 0.717) is 6.04 Å². The molecule has 1 aromatic carbocycles. The van der Waals surface area contributed by atoms with Crippen LogP contribution in [0.15, 0.2) is 34.7 Å². The van der Waals surface area contributed by atoms with Crippen molar-refractivity contribution in [3.63, 3.8) is 0 Å². The Morgan fingerprint density at radius 3 is 2.76 bits per heavy atom. The third kappa shape index (κ3) is 5.63. The van der Waals surface area contributed by atoms with Gasteiger partial charge in [0.1, 0.15) is 11.5 Å². The summed E-state index contributed by atoms with van der Waals surface area (Å²) in [5.41, 5.74) is 2.11. The van der Waals surface area contributed by atoms with Crippen LogP contribution in [0, 0.1) is 6.92 Å². The summed E-state index contributed by atoms with van der Waals surface area (Å²) >= 11 is 6.20. The molecule has 3 rings (SSSR count). The van der Waals surface area contributed by atoms with Gasteiger partial charge in [0.25, 0.3) is 0 Å². The number of furan rings is 1. The van der Waals surface area contributed by atoms with Crippen molar-refractivity contribution in [1.82, 2.24) is 10.2 Å². The SMILES string of the molecule is CCN1CCCC1CNCc1ccc(-c2ccc(C)c(Cl)c2)o1.Cl.Cl. The van der Waals surface area contributed by atoms with Crippen molar-refractivity contribution in [1.29, 1.82) is 0 Å². The van der Waals surface area contributed by atoms with Crippen molar-refractivity contribution >= 4 is 36.4 Å². The van der Waals surface area contributed by atoms with Crippen LogP contribution in [0.2, 0.25) is 5.02 Å². The minimum Gasteiger partial charge on any atom is -0.460 e. The number of halogens is 3. The summed E-state index contributed by atoms with van der Waals surface area (Å²) < 4.78 is 5.95. The number of likely N-dealkylation sites (tertiary alicyclic amines) is 1. The molecule has 140 valence electrons. The molecule has 0 spiro atoms. The number of aryl methyl sites for hydroxylation is 1. The van der Waals surface area contributed by atoms with Gasteiger partial charge < -0.3 is 9.73 Å². The van der Waals surface area contributed by atoms with Crippen molar-refractivity contribution in [3.05, 3.63) is 46.7 Å². The van der Waals surface area contributed by atoms with Crippen LogP contribution < -0.4 is 5.32 Å². The van der Waals surface area contributed by atoms with Crippen molar-refractivity contribution in [2.75, 3.05) is 19.6 Å². The summed E-state index contributed by atoms with van der Waals surface area (Å²) in [6.07, 6.45) is 2.62. The van der Waals surface area contributed by atoms with Gasteiger partial charge in [-0.25, -0.2) is 0 Å². The number of likely N-dealkylation sites (N-methyl/N-ethyl adjacent to an activating group) is 1. The molecule has 1 N–H and O–H groups in total. The molecule has 2 aromatic rings. The minimum absolute atomic E-state index is 0. The Morgan fingerprint density at radius 2 is 2.04 bits per heavy atom. The number of hydrogen-bond donors (Lipinski definition) is 1. The lowest BCUT2D eigenvalue weighted by Crippen LogP contribution is -2.37. The van der Waals surface area contributed by atoms with Gasteiger partial charge in [0, 0.05) is 23.2 Å². The fourth-order valence-electron chi connectivity index (χ4n) is 3.28. The number of benzene rings is 1. The molecule has 1 unspecified atom stereocenters. The molecule has 0 amide bonds. The molecule has 1 atom stereocenters. The highest BCUT2D eigenvalue weighted by Crippen LogP contribution is 2.27. The third-order valence-corrected chi connectivity index (χ3v) is 5.11. The molecule has 3 nitrogen and oxygen atoms in total. The van der Waals surface area contributed by atoms with E-state index >= 15 is 0 Å². The maximum absolute atomic E-state index is 6.20. The summed E-state index contributed by atoms with van der Waals surface area (Å²) in [7, 11) is 0. The van der Waals surface area contributed by atoms with E-state index in [1.54, 1.807) is 0 Å². The highest BCUT2D eigenvalue weighted by Gasteiger charge is 2.22. The van der Waals surface area contributed by atoms with Crippen LogP contribution in [-0.2, 0) is 6.54 Å². The van der Waals surface area contributed by atoms with Crippen molar-refractivity contribution < 1.29 is 4.42 Å². The van der Waals surface area contributed by atoms with Gasteiger partial charge in [-0.1, -0.05) is 30.7 Å². The van der Waals surface area contributed by atoms with Crippen LogP contribution in [0.25, 0.3) is 11.3 Å². The molecule has 1 aliphatic heterocycles. The van der Waals surface area contributed by atoms with E-state index in [2.05, 4.69) is 23.2 Å². The largest absolute Gasteiger partial charge is 0.460 e. The monoisotopic (exact) mass is 404 g/mol. The van der Waals surface area contributed by atoms with Gasteiger partial charge in [0.15, 0.2) is 0 Å². The standard InChI is InChI=1S/C19H25ClN2O.2ClH/c1-3-22-10-4-5-16(22)12-21-13-17-8-9-19(23-17)15-7-6-14(2)18(20)11-15;;/h6-9,11,16,21H,3-5,10,12-13H2,1-2H3;2*1H. The van der Waals surface area contributed by atoms with E-state index in [4.69, 9.17) is 16.0 Å². The first-order chi connectivity index (χ1) is 11.2. The van der Waals surface area contributed by atoms with Crippen molar-refractivity contribution in [3.8, 4) is 11.3 Å². The van der Waals surface area contributed by atoms with Gasteiger partial charge in [0.05, 0.1) is 6.54 Å². The molecular formula is C19H27Cl3N2O. The second-order valence-corrected chi connectivity index (χ2v) is 6.69. The number of rotatable bonds is 6. The quantitative estimate of drug-likeness (QED) is 0.704. The molecule has 1 aliphatic rings. The summed E-state index contributed by atoms with van der Waals surface area (Å²) in [6.45, 7) is 8.43. The average Bonchev–Trinajstić information content (AvgIpc) is 3.19. The average molecular weight is 406 g/mol. The van der Waals surface area contributed by atoms with E-state index in [0.717, 1.165) is 47.3 Å². The molecule has 1 fully saturated rings. The molecule has 2 heterocycles. The first kappa shape index (κ1) is 22.3. The predicted octanol–water partition coefficient (Wildman–Crippen LogP) is 5.33. The Bertz CT molecular complexity index is 660. The lowest BCUT2D eigenvalue weighted by molar-refractivity contribution is 0.258.